The minimum Gasteiger partial charge on any atom is -0.393 e. The molecule has 1 fully saturated rings. The highest BCUT2D eigenvalue weighted by Crippen LogP contribution is 2.30. The summed E-state index contributed by atoms with van der Waals surface area (Å²) < 4.78 is 5.72. The molecular formula is C15H16O2. The molecule has 2 nitrogen and oxygen atoms in total. The topological polar surface area (TPSA) is 29.5 Å². The van der Waals surface area contributed by atoms with Gasteiger partial charge in [0.2, 0.25) is 0 Å². The maximum Gasteiger partial charge on any atom is 0.0849 e. The van der Waals surface area contributed by atoms with Crippen molar-refractivity contribution in [1.29, 1.82) is 0 Å². The molecule has 1 heterocycles. The largest absolute Gasteiger partial charge is 0.393 e. The molecule has 2 aromatic carbocycles. The molecule has 2 atom stereocenters. The first-order chi connectivity index (χ1) is 8.33. The lowest BCUT2D eigenvalue weighted by Gasteiger charge is -2.27. The molecule has 0 radical (unpaired) electrons. The third-order valence-corrected chi connectivity index (χ3v) is 3.40. The smallest absolute Gasteiger partial charge is 0.0849 e. The van der Waals surface area contributed by atoms with Crippen molar-refractivity contribution >= 4 is 10.8 Å². The van der Waals surface area contributed by atoms with Crippen LogP contribution in [0.5, 0.6) is 0 Å². The average Bonchev–Trinajstić information content (AvgIpc) is 2.38. The predicted molar refractivity (Wildman–Crippen MR) is 67.9 cm³/mol. The van der Waals surface area contributed by atoms with Gasteiger partial charge in [-0.1, -0.05) is 36.4 Å². The lowest BCUT2D eigenvalue weighted by atomic mass is 9.97. The Hall–Kier alpha value is -1.38. The second-order valence-electron chi connectivity index (χ2n) is 4.64. The van der Waals surface area contributed by atoms with E-state index in [-0.39, 0.29) is 12.2 Å². The SMILES string of the molecule is O[C@@H]1CCO[C@H](c2ccc3ccccc3c2)C1. The lowest BCUT2D eigenvalue weighted by molar-refractivity contribution is -0.0447. The summed E-state index contributed by atoms with van der Waals surface area (Å²) >= 11 is 0. The van der Waals surface area contributed by atoms with Crippen molar-refractivity contribution in [3.63, 3.8) is 0 Å². The van der Waals surface area contributed by atoms with Crippen LogP contribution in [0.3, 0.4) is 0 Å². The Morgan fingerprint density at radius 1 is 1.06 bits per heavy atom. The van der Waals surface area contributed by atoms with Gasteiger partial charge in [0.15, 0.2) is 0 Å². The predicted octanol–water partition coefficient (Wildman–Crippen LogP) is 3.05. The minimum atomic E-state index is -0.222. The van der Waals surface area contributed by atoms with Crippen molar-refractivity contribution in [1.82, 2.24) is 0 Å². The van der Waals surface area contributed by atoms with Crippen molar-refractivity contribution < 1.29 is 9.84 Å². The van der Waals surface area contributed by atoms with Crippen LogP contribution in [0, 0.1) is 0 Å². The number of rotatable bonds is 1. The second kappa shape index (κ2) is 4.47. The number of ether oxygens (including phenoxy) is 1. The van der Waals surface area contributed by atoms with E-state index in [9.17, 15) is 5.11 Å². The van der Waals surface area contributed by atoms with Crippen molar-refractivity contribution in [3.05, 3.63) is 48.0 Å². The Morgan fingerprint density at radius 2 is 1.88 bits per heavy atom. The molecular weight excluding hydrogens is 212 g/mol. The normalized spacial score (nSPS) is 25.0. The molecule has 0 unspecified atom stereocenters. The molecule has 2 heteroatoms. The van der Waals surface area contributed by atoms with Crippen molar-refractivity contribution in [2.75, 3.05) is 6.61 Å². The van der Waals surface area contributed by atoms with Gasteiger partial charge in [-0.25, -0.2) is 0 Å². The first-order valence-corrected chi connectivity index (χ1v) is 6.11. The summed E-state index contributed by atoms with van der Waals surface area (Å²) in [7, 11) is 0. The summed E-state index contributed by atoms with van der Waals surface area (Å²) in [6, 6.07) is 14.7. The quantitative estimate of drug-likeness (QED) is 0.813. The van der Waals surface area contributed by atoms with E-state index >= 15 is 0 Å². The highest BCUT2D eigenvalue weighted by atomic mass is 16.5. The standard InChI is InChI=1S/C15H16O2/c16-14-7-8-17-15(10-14)13-6-5-11-3-1-2-4-12(11)9-13/h1-6,9,14-16H,7-8,10H2/t14-,15+/m1/s1. The molecule has 1 N–H and O–H groups in total. The van der Waals surface area contributed by atoms with Crippen LogP contribution in [0.4, 0.5) is 0 Å². The van der Waals surface area contributed by atoms with Gasteiger partial charge in [0, 0.05) is 13.0 Å². The molecule has 88 valence electrons. The number of benzene rings is 2. The highest BCUT2D eigenvalue weighted by molar-refractivity contribution is 5.83. The fraction of sp³-hybridized carbons (Fsp3) is 0.333. The molecule has 0 saturated carbocycles. The first-order valence-electron chi connectivity index (χ1n) is 6.11. The molecule has 2 aromatic rings. The zero-order chi connectivity index (χ0) is 11.7. The van der Waals surface area contributed by atoms with E-state index in [0.29, 0.717) is 13.0 Å². The second-order valence-corrected chi connectivity index (χ2v) is 4.64. The Labute approximate surface area is 101 Å². The van der Waals surface area contributed by atoms with E-state index in [1.165, 1.54) is 16.3 Å². The number of aliphatic hydroxyl groups is 1. The van der Waals surface area contributed by atoms with Crippen molar-refractivity contribution in [2.24, 2.45) is 0 Å². The van der Waals surface area contributed by atoms with Crippen LogP contribution in [0.25, 0.3) is 10.8 Å². The van der Waals surface area contributed by atoms with Gasteiger partial charge < -0.3 is 9.84 Å². The van der Waals surface area contributed by atoms with E-state index < -0.39 is 0 Å². The average molecular weight is 228 g/mol. The van der Waals surface area contributed by atoms with Crippen molar-refractivity contribution in [3.8, 4) is 0 Å². The van der Waals surface area contributed by atoms with Crippen LogP contribution in [-0.4, -0.2) is 17.8 Å². The minimum absolute atomic E-state index is 0.0448. The van der Waals surface area contributed by atoms with Gasteiger partial charge in [-0.15, -0.1) is 0 Å². The number of hydrogen-bond acceptors (Lipinski definition) is 2. The van der Waals surface area contributed by atoms with E-state index in [2.05, 4.69) is 30.3 Å². The summed E-state index contributed by atoms with van der Waals surface area (Å²) in [5, 5.41) is 12.1. The molecule has 0 spiro atoms. The zero-order valence-corrected chi connectivity index (χ0v) is 9.67. The Kier molecular flexibility index (Phi) is 2.83. The summed E-state index contributed by atoms with van der Waals surface area (Å²) in [6.45, 7) is 0.651. The van der Waals surface area contributed by atoms with Crippen molar-refractivity contribution in [2.45, 2.75) is 25.0 Å². The van der Waals surface area contributed by atoms with Gasteiger partial charge in [-0.2, -0.15) is 0 Å². The Morgan fingerprint density at radius 3 is 2.71 bits per heavy atom. The molecule has 3 rings (SSSR count). The molecule has 0 aromatic heterocycles. The maximum atomic E-state index is 9.67. The molecule has 1 aliphatic heterocycles. The summed E-state index contributed by atoms with van der Waals surface area (Å²) in [5.74, 6) is 0. The van der Waals surface area contributed by atoms with E-state index in [0.717, 1.165) is 6.42 Å². The third kappa shape index (κ3) is 2.19. The molecule has 1 aliphatic rings. The first kappa shape index (κ1) is 10.8. The summed E-state index contributed by atoms with van der Waals surface area (Å²) in [6.07, 6.45) is 1.28. The number of fused-ring (bicyclic) bond motifs is 1. The van der Waals surface area contributed by atoms with Gasteiger partial charge in [-0.3, -0.25) is 0 Å². The molecule has 17 heavy (non-hydrogen) atoms. The van der Waals surface area contributed by atoms with Crippen LogP contribution < -0.4 is 0 Å². The van der Waals surface area contributed by atoms with Gasteiger partial charge in [-0.05, 0) is 28.8 Å². The fourth-order valence-electron chi connectivity index (χ4n) is 2.42. The van der Waals surface area contributed by atoms with Gasteiger partial charge in [0.25, 0.3) is 0 Å². The molecule has 0 amide bonds. The van der Waals surface area contributed by atoms with E-state index in [1.54, 1.807) is 0 Å². The maximum absolute atomic E-state index is 9.67. The van der Waals surface area contributed by atoms with Gasteiger partial charge >= 0.3 is 0 Å². The van der Waals surface area contributed by atoms with Crippen LogP contribution >= 0.6 is 0 Å². The molecule has 1 saturated heterocycles. The Bertz CT molecular complexity index is 521. The monoisotopic (exact) mass is 228 g/mol. The van der Waals surface area contributed by atoms with Gasteiger partial charge in [0.05, 0.1) is 12.2 Å². The van der Waals surface area contributed by atoms with Crippen LogP contribution in [0.1, 0.15) is 24.5 Å². The molecule has 0 bridgehead atoms. The molecule has 0 aliphatic carbocycles. The summed E-state index contributed by atoms with van der Waals surface area (Å²) in [4.78, 5) is 0. The van der Waals surface area contributed by atoms with E-state index in [1.807, 2.05) is 12.1 Å². The fourth-order valence-corrected chi connectivity index (χ4v) is 2.42. The van der Waals surface area contributed by atoms with Crippen LogP contribution in [0.15, 0.2) is 42.5 Å². The highest BCUT2D eigenvalue weighted by Gasteiger charge is 2.22. The van der Waals surface area contributed by atoms with E-state index in [4.69, 9.17) is 4.74 Å². The zero-order valence-electron chi connectivity index (χ0n) is 9.67. The number of hydrogen-bond donors (Lipinski definition) is 1. The third-order valence-electron chi connectivity index (χ3n) is 3.40. The van der Waals surface area contributed by atoms with Gasteiger partial charge in [0.1, 0.15) is 0 Å². The summed E-state index contributed by atoms with van der Waals surface area (Å²) in [5.41, 5.74) is 1.17. The number of aliphatic hydroxyl groups excluding tert-OH is 1. The van der Waals surface area contributed by atoms with Crippen LogP contribution in [-0.2, 0) is 4.74 Å². The van der Waals surface area contributed by atoms with Crippen LogP contribution in [0.2, 0.25) is 0 Å². The Balaban J connectivity index is 1.94. The lowest BCUT2D eigenvalue weighted by Crippen LogP contribution is -2.23.